The zero-order chi connectivity index (χ0) is 16.7. The van der Waals surface area contributed by atoms with Gasteiger partial charge in [-0.15, -0.1) is 0 Å². The van der Waals surface area contributed by atoms with E-state index < -0.39 is 0 Å². The number of hydrogen-bond donors (Lipinski definition) is 2. The van der Waals surface area contributed by atoms with Gasteiger partial charge in [-0.3, -0.25) is 0 Å². The highest BCUT2D eigenvalue weighted by molar-refractivity contribution is 6.32. The molecular weight excluding hydrogens is 312 g/mol. The van der Waals surface area contributed by atoms with Crippen LogP contribution in [0.3, 0.4) is 0 Å². The lowest BCUT2D eigenvalue weighted by atomic mass is 10.2. The molecule has 0 aliphatic heterocycles. The summed E-state index contributed by atoms with van der Waals surface area (Å²) in [6.45, 7) is 4.98. The van der Waals surface area contributed by atoms with Gasteiger partial charge in [-0.2, -0.15) is 0 Å². The molecule has 0 aliphatic rings. The minimum atomic E-state index is 0.557. The van der Waals surface area contributed by atoms with Crippen molar-refractivity contribution in [3.05, 3.63) is 35.1 Å². The number of nitrogens with zero attached hydrogens (tertiary/aromatic N) is 2. The van der Waals surface area contributed by atoms with E-state index in [0.29, 0.717) is 16.6 Å². The first kappa shape index (κ1) is 17.3. The van der Waals surface area contributed by atoms with Crippen LogP contribution >= 0.6 is 11.6 Å². The van der Waals surface area contributed by atoms with Crippen molar-refractivity contribution in [1.29, 1.82) is 0 Å². The monoisotopic (exact) mass is 334 g/mol. The van der Waals surface area contributed by atoms with Crippen LogP contribution in [0.5, 0.6) is 5.75 Å². The summed E-state index contributed by atoms with van der Waals surface area (Å²) in [6, 6.07) is 7.43. The van der Waals surface area contributed by atoms with Gasteiger partial charge < -0.3 is 15.4 Å². The van der Waals surface area contributed by atoms with Gasteiger partial charge in [-0.25, -0.2) is 9.97 Å². The predicted octanol–water partition coefficient (Wildman–Crippen LogP) is 4.79. The molecule has 6 heteroatoms. The van der Waals surface area contributed by atoms with Crippen molar-refractivity contribution >= 4 is 28.9 Å². The zero-order valence-electron chi connectivity index (χ0n) is 13.8. The maximum absolute atomic E-state index is 6.15. The van der Waals surface area contributed by atoms with Crippen LogP contribution in [0.15, 0.2) is 24.3 Å². The Hall–Kier alpha value is -2.01. The Morgan fingerprint density at radius 3 is 2.61 bits per heavy atom. The Labute approximate surface area is 142 Å². The van der Waals surface area contributed by atoms with E-state index in [1.54, 1.807) is 7.11 Å². The molecule has 1 aromatic heterocycles. The molecule has 0 amide bonds. The number of anilines is 3. The summed E-state index contributed by atoms with van der Waals surface area (Å²) in [7, 11) is 1.60. The van der Waals surface area contributed by atoms with Crippen LogP contribution in [0, 0.1) is 6.92 Å². The van der Waals surface area contributed by atoms with E-state index in [9.17, 15) is 0 Å². The van der Waals surface area contributed by atoms with E-state index in [1.807, 2.05) is 31.2 Å². The molecule has 0 spiro atoms. The normalized spacial score (nSPS) is 10.4. The van der Waals surface area contributed by atoms with Crippen LogP contribution in [-0.2, 0) is 0 Å². The van der Waals surface area contributed by atoms with E-state index in [1.165, 1.54) is 12.8 Å². The summed E-state index contributed by atoms with van der Waals surface area (Å²) < 4.78 is 5.16. The minimum absolute atomic E-state index is 0.557. The summed E-state index contributed by atoms with van der Waals surface area (Å²) in [5.41, 5.74) is 0.853. The maximum Gasteiger partial charge on any atom is 0.137 e. The van der Waals surface area contributed by atoms with Crippen molar-refractivity contribution in [3.8, 4) is 5.75 Å². The Morgan fingerprint density at radius 1 is 1.13 bits per heavy atom. The molecule has 0 radical (unpaired) electrons. The predicted molar refractivity (Wildman–Crippen MR) is 96.1 cm³/mol. The van der Waals surface area contributed by atoms with Crippen LogP contribution in [0.25, 0.3) is 0 Å². The SMILES string of the molecule is CCCCCNc1cc(Nc2ccc(OC)c(Cl)c2)nc(C)n1. The molecule has 1 heterocycles. The molecule has 0 fully saturated rings. The molecule has 2 N–H and O–H groups in total. The minimum Gasteiger partial charge on any atom is -0.495 e. The lowest BCUT2D eigenvalue weighted by Crippen LogP contribution is -2.06. The van der Waals surface area contributed by atoms with Crippen LogP contribution in [0.4, 0.5) is 17.3 Å². The number of methoxy groups -OCH3 is 1. The van der Waals surface area contributed by atoms with E-state index >= 15 is 0 Å². The molecule has 23 heavy (non-hydrogen) atoms. The Kier molecular flexibility index (Phi) is 6.47. The van der Waals surface area contributed by atoms with Crippen molar-refractivity contribution in [2.24, 2.45) is 0 Å². The van der Waals surface area contributed by atoms with Crippen LogP contribution in [-0.4, -0.2) is 23.6 Å². The van der Waals surface area contributed by atoms with Crippen molar-refractivity contribution in [2.75, 3.05) is 24.3 Å². The van der Waals surface area contributed by atoms with Crippen molar-refractivity contribution in [1.82, 2.24) is 9.97 Å². The summed E-state index contributed by atoms with van der Waals surface area (Å²) in [6.07, 6.45) is 3.55. The van der Waals surface area contributed by atoms with Gasteiger partial charge >= 0.3 is 0 Å². The standard InChI is InChI=1S/C17H23ClN4O/c1-4-5-6-9-19-16-11-17(21-12(2)20-16)22-13-7-8-15(23-3)14(18)10-13/h7-8,10-11H,4-6,9H2,1-3H3,(H2,19,20,21,22). The van der Waals surface area contributed by atoms with Crippen molar-refractivity contribution in [3.63, 3.8) is 0 Å². The number of hydrogen-bond acceptors (Lipinski definition) is 5. The third-order valence-electron chi connectivity index (χ3n) is 3.35. The van der Waals surface area contributed by atoms with Gasteiger partial charge in [-0.05, 0) is 31.5 Å². The number of ether oxygens (including phenoxy) is 1. The van der Waals surface area contributed by atoms with Gasteiger partial charge in [0.1, 0.15) is 23.2 Å². The largest absolute Gasteiger partial charge is 0.495 e. The Balaban J connectivity index is 2.07. The zero-order valence-corrected chi connectivity index (χ0v) is 14.6. The molecule has 0 unspecified atom stereocenters. The summed E-state index contributed by atoms with van der Waals surface area (Å²) in [5.74, 6) is 2.93. The molecule has 0 saturated carbocycles. The van der Waals surface area contributed by atoms with Crippen LogP contribution in [0.2, 0.25) is 5.02 Å². The van der Waals surface area contributed by atoms with E-state index in [-0.39, 0.29) is 0 Å². The van der Waals surface area contributed by atoms with E-state index in [0.717, 1.165) is 30.3 Å². The first-order valence-electron chi connectivity index (χ1n) is 7.82. The number of rotatable bonds is 8. The molecule has 124 valence electrons. The first-order chi connectivity index (χ1) is 11.1. The summed E-state index contributed by atoms with van der Waals surface area (Å²) >= 11 is 6.15. The molecule has 2 aromatic rings. The second-order valence-electron chi connectivity index (χ2n) is 5.29. The van der Waals surface area contributed by atoms with Gasteiger partial charge in [0.15, 0.2) is 0 Å². The maximum atomic E-state index is 6.15. The summed E-state index contributed by atoms with van der Waals surface area (Å²) in [4.78, 5) is 8.82. The smallest absolute Gasteiger partial charge is 0.137 e. The average molecular weight is 335 g/mol. The number of benzene rings is 1. The lowest BCUT2D eigenvalue weighted by Gasteiger charge is -2.11. The fourth-order valence-corrected chi connectivity index (χ4v) is 2.46. The van der Waals surface area contributed by atoms with Crippen molar-refractivity contribution in [2.45, 2.75) is 33.1 Å². The summed E-state index contributed by atoms with van der Waals surface area (Å²) in [5, 5.41) is 7.14. The molecular formula is C17H23ClN4O. The fourth-order valence-electron chi connectivity index (χ4n) is 2.21. The van der Waals surface area contributed by atoms with E-state index in [2.05, 4.69) is 27.5 Å². The molecule has 0 aliphatic carbocycles. The third-order valence-corrected chi connectivity index (χ3v) is 3.64. The highest BCUT2D eigenvalue weighted by Gasteiger charge is 2.05. The number of unbranched alkanes of at least 4 members (excludes halogenated alkanes) is 2. The number of nitrogens with one attached hydrogen (secondary N) is 2. The van der Waals surface area contributed by atoms with Crippen molar-refractivity contribution < 1.29 is 4.74 Å². The van der Waals surface area contributed by atoms with Gasteiger partial charge in [0.2, 0.25) is 0 Å². The topological polar surface area (TPSA) is 59.1 Å². The van der Waals surface area contributed by atoms with E-state index in [4.69, 9.17) is 16.3 Å². The first-order valence-corrected chi connectivity index (χ1v) is 8.20. The average Bonchev–Trinajstić information content (AvgIpc) is 2.51. The highest BCUT2D eigenvalue weighted by Crippen LogP contribution is 2.28. The van der Waals surface area contributed by atoms with Gasteiger partial charge in [0.25, 0.3) is 0 Å². The fraction of sp³-hybridized carbons (Fsp3) is 0.412. The lowest BCUT2D eigenvalue weighted by molar-refractivity contribution is 0.415. The molecule has 0 atom stereocenters. The Bertz CT molecular complexity index is 648. The molecule has 0 bridgehead atoms. The highest BCUT2D eigenvalue weighted by atomic mass is 35.5. The second kappa shape index (κ2) is 8.58. The quantitative estimate of drug-likeness (QED) is 0.679. The van der Waals surface area contributed by atoms with Gasteiger partial charge in [0.05, 0.1) is 12.1 Å². The molecule has 1 aromatic carbocycles. The molecule has 2 rings (SSSR count). The molecule has 5 nitrogen and oxygen atoms in total. The second-order valence-corrected chi connectivity index (χ2v) is 5.70. The van der Waals surface area contributed by atoms with Crippen LogP contribution < -0.4 is 15.4 Å². The Morgan fingerprint density at radius 2 is 1.91 bits per heavy atom. The number of aryl methyl sites for hydroxylation is 1. The third kappa shape index (κ3) is 5.28. The number of aromatic nitrogens is 2. The van der Waals surface area contributed by atoms with Gasteiger partial charge in [-0.1, -0.05) is 31.4 Å². The van der Waals surface area contributed by atoms with Crippen LogP contribution in [0.1, 0.15) is 32.0 Å². The molecule has 0 saturated heterocycles. The number of halogens is 1. The van der Waals surface area contributed by atoms with Gasteiger partial charge in [0, 0.05) is 18.3 Å².